The predicted molar refractivity (Wildman–Crippen MR) is 129 cm³/mol. The van der Waals surface area contributed by atoms with Crippen LogP contribution in [0, 0.1) is 5.92 Å². The Morgan fingerprint density at radius 2 is 1.77 bits per heavy atom. The lowest BCUT2D eigenvalue weighted by atomic mass is 9.96. The van der Waals surface area contributed by atoms with Gasteiger partial charge in [-0.25, -0.2) is 4.79 Å². The number of amides is 1. The van der Waals surface area contributed by atoms with Crippen molar-refractivity contribution in [2.24, 2.45) is 10.9 Å². The molecule has 0 aromatic heterocycles. The average Bonchev–Trinajstić information content (AvgIpc) is 3.23. The number of unbranched alkanes of at least 4 members (excludes halogenated alkanes) is 1. The van der Waals surface area contributed by atoms with Crippen LogP contribution in [0.15, 0.2) is 4.99 Å². The van der Waals surface area contributed by atoms with Gasteiger partial charge in [0.2, 0.25) is 0 Å². The third kappa shape index (κ3) is 9.67. The molecule has 1 N–H and O–H groups in total. The van der Waals surface area contributed by atoms with Crippen molar-refractivity contribution in [3.8, 4) is 0 Å². The highest BCUT2D eigenvalue weighted by Gasteiger charge is 2.27. The predicted octanol–water partition coefficient (Wildman–Crippen LogP) is 3.80. The molecule has 2 heterocycles. The molecule has 2 rings (SSSR count). The molecule has 7 heteroatoms. The van der Waals surface area contributed by atoms with E-state index in [0.717, 1.165) is 57.9 Å². The maximum atomic E-state index is 12.4. The summed E-state index contributed by atoms with van der Waals surface area (Å²) in [5, 5.41) is 3.48. The number of carbonyl (C=O) groups excluding carboxylic acids is 1. The second-order valence-electron chi connectivity index (χ2n) is 9.94. The number of aliphatic imine (C=N–C) groups is 1. The minimum atomic E-state index is -0.445. The number of carbonyl (C=O) groups is 1. The molecule has 7 nitrogen and oxygen atoms in total. The Kier molecular flexibility index (Phi) is 10.9. The Labute approximate surface area is 190 Å². The van der Waals surface area contributed by atoms with Crippen molar-refractivity contribution < 1.29 is 9.53 Å². The molecule has 0 bridgehead atoms. The summed E-state index contributed by atoms with van der Waals surface area (Å²) in [5.74, 6) is 1.58. The van der Waals surface area contributed by atoms with Gasteiger partial charge in [-0.05, 0) is 98.7 Å². The first-order chi connectivity index (χ1) is 14.8. The van der Waals surface area contributed by atoms with Gasteiger partial charge in [0.1, 0.15) is 5.60 Å². The quantitative estimate of drug-likeness (QED) is 0.338. The summed E-state index contributed by atoms with van der Waals surface area (Å²) < 4.78 is 5.56. The average molecular weight is 438 g/mol. The summed E-state index contributed by atoms with van der Waals surface area (Å²) in [6.07, 6.45) is 7.10. The lowest BCUT2D eigenvalue weighted by Crippen LogP contribution is -2.48. The molecular weight excluding hydrogens is 390 g/mol. The normalized spacial score (nSPS) is 19.0. The molecule has 2 aliphatic heterocycles. The van der Waals surface area contributed by atoms with E-state index >= 15 is 0 Å². The maximum absolute atomic E-state index is 12.4. The standard InChI is InChI=1S/C24H47N5O2/c1-6-25-22(26-14-8-9-15-27-16-10-11-17-27)29-18-12-21(13-19-29)20-28(7-2)23(30)31-24(3,4)5/h21H,6-20H2,1-5H3,(H,25,26). The van der Waals surface area contributed by atoms with E-state index in [1.807, 2.05) is 32.6 Å². The number of nitrogens with one attached hydrogen (secondary N) is 1. The summed E-state index contributed by atoms with van der Waals surface area (Å²) >= 11 is 0. The molecule has 2 saturated heterocycles. The van der Waals surface area contributed by atoms with Crippen molar-refractivity contribution in [2.45, 2.75) is 78.7 Å². The van der Waals surface area contributed by atoms with Gasteiger partial charge in [0.25, 0.3) is 0 Å². The van der Waals surface area contributed by atoms with Crippen LogP contribution < -0.4 is 5.32 Å². The number of hydrogen-bond donors (Lipinski definition) is 1. The summed E-state index contributed by atoms with van der Waals surface area (Å²) in [6.45, 7) is 19.0. The molecule has 0 aromatic rings. The maximum Gasteiger partial charge on any atom is 0.410 e. The van der Waals surface area contributed by atoms with E-state index in [9.17, 15) is 4.79 Å². The molecule has 0 aromatic carbocycles. The molecule has 2 fully saturated rings. The zero-order chi connectivity index (χ0) is 22.7. The fraction of sp³-hybridized carbons (Fsp3) is 0.917. The van der Waals surface area contributed by atoms with Crippen molar-refractivity contribution in [3.05, 3.63) is 0 Å². The highest BCUT2D eigenvalue weighted by atomic mass is 16.6. The van der Waals surface area contributed by atoms with Crippen molar-refractivity contribution in [1.29, 1.82) is 0 Å². The van der Waals surface area contributed by atoms with Gasteiger partial charge in [0, 0.05) is 39.3 Å². The van der Waals surface area contributed by atoms with Gasteiger partial charge in [-0.2, -0.15) is 0 Å². The Bertz CT molecular complexity index is 547. The lowest BCUT2D eigenvalue weighted by Gasteiger charge is -2.36. The lowest BCUT2D eigenvalue weighted by molar-refractivity contribution is 0.0214. The fourth-order valence-electron chi connectivity index (χ4n) is 4.36. The molecule has 2 aliphatic rings. The number of nitrogens with zero attached hydrogens (tertiary/aromatic N) is 4. The molecule has 0 saturated carbocycles. The first kappa shape index (κ1) is 25.8. The molecular formula is C24H47N5O2. The van der Waals surface area contributed by atoms with Crippen LogP contribution in [0.3, 0.4) is 0 Å². The molecule has 0 unspecified atom stereocenters. The van der Waals surface area contributed by atoms with Crippen LogP contribution in [0.2, 0.25) is 0 Å². The van der Waals surface area contributed by atoms with Crippen molar-refractivity contribution in [3.63, 3.8) is 0 Å². The van der Waals surface area contributed by atoms with E-state index in [1.165, 1.54) is 38.9 Å². The Balaban J connectivity index is 1.74. The Morgan fingerprint density at radius 1 is 1.10 bits per heavy atom. The van der Waals surface area contributed by atoms with Crippen LogP contribution in [-0.2, 0) is 4.74 Å². The van der Waals surface area contributed by atoms with E-state index in [-0.39, 0.29) is 6.09 Å². The zero-order valence-electron chi connectivity index (χ0n) is 20.8. The highest BCUT2D eigenvalue weighted by Crippen LogP contribution is 2.20. The van der Waals surface area contributed by atoms with Crippen molar-refractivity contribution >= 4 is 12.1 Å². The topological polar surface area (TPSA) is 60.4 Å². The Morgan fingerprint density at radius 3 is 2.35 bits per heavy atom. The second-order valence-corrected chi connectivity index (χ2v) is 9.94. The molecule has 180 valence electrons. The second kappa shape index (κ2) is 13.1. The number of guanidine groups is 1. The van der Waals surface area contributed by atoms with Crippen molar-refractivity contribution in [2.75, 3.05) is 58.9 Å². The SMILES string of the molecule is CCNC(=NCCCCN1CCCC1)N1CCC(CN(CC)C(=O)OC(C)(C)C)CC1. The number of ether oxygens (including phenoxy) is 1. The van der Waals surface area contributed by atoms with Crippen LogP contribution >= 0.6 is 0 Å². The monoisotopic (exact) mass is 437 g/mol. The Hall–Kier alpha value is -1.50. The van der Waals surface area contributed by atoms with Gasteiger partial charge in [0.15, 0.2) is 5.96 Å². The third-order valence-corrected chi connectivity index (χ3v) is 6.10. The van der Waals surface area contributed by atoms with Crippen LogP contribution in [0.4, 0.5) is 4.79 Å². The van der Waals surface area contributed by atoms with Crippen LogP contribution in [0.25, 0.3) is 0 Å². The van der Waals surface area contributed by atoms with E-state index in [4.69, 9.17) is 9.73 Å². The van der Waals surface area contributed by atoms with Gasteiger partial charge < -0.3 is 24.8 Å². The zero-order valence-corrected chi connectivity index (χ0v) is 20.8. The minimum Gasteiger partial charge on any atom is -0.444 e. The molecule has 31 heavy (non-hydrogen) atoms. The first-order valence-corrected chi connectivity index (χ1v) is 12.6. The summed E-state index contributed by atoms with van der Waals surface area (Å²) in [5.41, 5.74) is -0.445. The van der Waals surface area contributed by atoms with E-state index in [2.05, 4.69) is 22.0 Å². The van der Waals surface area contributed by atoms with Crippen LogP contribution in [0.5, 0.6) is 0 Å². The number of likely N-dealkylation sites (tertiary alicyclic amines) is 2. The van der Waals surface area contributed by atoms with Gasteiger partial charge in [-0.1, -0.05) is 0 Å². The molecule has 0 aliphatic carbocycles. The smallest absolute Gasteiger partial charge is 0.410 e. The fourth-order valence-corrected chi connectivity index (χ4v) is 4.36. The van der Waals surface area contributed by atoms with Crippen LogP contribution in [-0.4, -0.2) is 91.3 Å². The van der Waals surface area contributed by atoms with E-state index in [0.29, 0.717) is 12.5 Å². The van der Waals surface area contributed by atoms with Gasteiger partial charge in [-0.15, -0.1) is 0 Å². The minimum absolute atomic E-state index is 0.193. The van der Waals surface area contributed by atoms with Crippen molar-refractivity contribution in [1.82, 2.24) is 20.0 Å². The third-order valence-electron chi connectivity index (χ3n) is 6.10. The van der Waals surface area contributed by atoms with Gasteiger partial charge in [0.05, 0.1) is 0 Å². The first-order valence-electron chi connectivity index (χ1n) is 12.6. The number of piperidine rings is 1. The van der Waals surface area contributed by atoms with Gasteiger partial charge in [-0.3, -0.25) is 4.99 Å². The van der Waals surface area contributed by atoms with E-state index in [1.54, 1.807) is 0 Å². The number of hydrogen-bond acceptors (Lipinski definition) is 4. The number of rotatable bonds is 9. The largest absolute Gasteiger partial charge is 0.444 e. The molecule has 0 atom stereocenters. The highest BCUT2D eigenvalue weighted by molar-refractivity contribution is 5.80. The van der Waals surface area contributed by atoms with Gasteiger partial charge >= 0.3 is 6.09 Å². The summed E-state index contributed by atoms with van der Waals surface area (Å²) in [6, 6.07) is 0. The molecule has 0 radical (unpaired) electrons. The molecule has 1 amide bonds. The summed E-state index contributed by atoms with van der Waals surface area (Å²) in [7, 11) is 0. The summed E-state index contributed by atoms with van der Waals surface area (Å²) in [4.78, 5) is 24.2. The van der Waals surface area contributed by atoms with E-state index < -0.39 is 5.60 Å². The van der Waals surface area contributed by atoms with Crippen LogP contribution in [0.1, 0.15) is 73.1 Å². The molecule has 0 spiro atoms.